The van der Waals surface area contributed by atoms with E-state index in [4.69, 9.17) is 0 Å². The molecule has 0 aliphatic carbocycles. The van der Waals surface area contributed by atoms with E-state index in [2.05, 4.69) is 49.9 Å². The van der Waals surface area contributed by atoms with Gasteiger partial charge in [0.2, 0.25) is 0 Å². The molecule has 2 atom stereocenters. The summed E-state index contributed by atoms with van der Waals surface area (Å²) in [6.07, 6.45) is 4.47. The van der Waals surface area contributed by atoms with Crippen LogP contribution in [0.3, 0.4) is 0 Å². The van der Waals surface area contributed by atoms with Crippen molar-refractivity contribution in [1.29, 1.82) is 0 Å². The predicted octanol–water partition coefficient (Wildman–Crippen LogP) is 4.06. The molecule has 2 unspecified atom stereocenters. The zero-order valence-corrected chi connectivity index (χ0v) is 12.0. The number of benzene rings is 1. The second-order valence-electron chi connectivity index (χ2n) is 6.17. The summed E-state index contributed by atoms with van der Waals surface area (Å²) < 4.78 is 0. The molecule has 2 fully saturated rings. The van der Waals surface area contributed by atoms with Gasteiger partial charge in [-0.1, -0.05) is 38.1 Å². The third-order valence-corrected chi connectivity index (χ3v) is 6.02. The summed E-state index contributed by atoms with van der Waals surface area (Å²) in [6.45, 7) is 4.42. The van der Waals surface area contributed by atoms with Crippen molar-refractivity contribution in [2.45, 2.75) is 61.5 Å². The average Bonchev–Trinajstić information content (AvgIpc) is 2.69. The van der Waals surface area contributed by atoms with Gasteiger partial charge >= 0.3 is 0 Å². The summed E-state index contributed by atoms with van der Waals surface area (Å²) in [6, 6.07) is 8.65. The number of hydrogen-bond acceptors (Lipinski definition) is 2. The van der Waals surface area contributed by atoms with E-state index < -0.39 is 5.60 Å². The molecule has 1 aromatic rings. The second kappa shape index (κ2) is 4.57. The maximum atomic E-state index is 10.9. The highest BCUT2D eigenvalue weighted by Gasteiger charge is 2.44. The van der Waals surface area contributed by atoms with Gasteiger partial charge in [0.05, 0.1) is 5.60 Å². The van der Waals surface area contributed by atoms with Crippen LogP contribution in [0.15, 0.2) is 24.3 Å². The Bertz CT molecular complexity index is 411. The Hall–Kier alpha value is -0.470. The zero-order valence-electron chi connectivity index (χ0n) is 11.2. The molecular weight excluding hydrogens is 240 g/mol. The van der Waals surface area contributed by atoms with E-state index in [0.717, 1.165) is 18.4 Å². The van der Waals surface area contributed by atoms with Gasteiger partial charge in [-0.05, 0) is 42.7 Å². The largest absolute Gasteiger partial charge is 0.385 e. The Morgan fingerprint density at radius 2 is 1.67 bits per heavy atom. The molecule has 2 heterocycles. The fraction of sp³-hybridized carbons (Fsp3) is 0.625. The average molecular weight is 262 g/mol. The monoisotopic (exact) mass is 262 g/mol. The molecule has 1 aromatic carbocycles. The molecule has 98 valence electrons. The van der Waals surface area contributed by atoms with E-state index in [-0.39, 0.29) is 0 Å². The number of hydrogen-bond donors (Lipinski definition) is 1. The van der Waals surface area contributed by atoms with Gasteiger partial charge in [-0.3, -0.25) is 0 Å². The lowest BCUT2D eigenvalue weighted by Gasteiger charge is -2.36. The fourth-order valence-electron chi connectivity index (χ4n) is 3.33. The van der Waals surface area contributed by atoms with Crippen molar-refractivity contribution in [1.82, 2.24) is 0 Å². The molecular formula is C16H22OS. The molecule has 18 heavy (non-hydrogen) atoms. The topological polar surface area (TPSA) is 20.2 Å². The summed E-state index contributed by atoms with van der Waals surface area (Å²) >= 11 is 2.10. The van der Waals surface area contributed by atoms with Crippen LogP contribution in [0.25, 0.3) is 0 Å². The van der Waals surface area contributed by atoms with E-state index in [9.17, 15) is 5.11 Å². The second-order valence-corrected chi connectivity index (χ2v) is 7.78. The van der Waals surface area contributed by atoms with Gasteiger partial charge in [-0.25, -0.2) is 0 Å². The minimum Gasteiger partial charge on any atom is -0.385 e. The van der Waals surface area contributed by atoms with E-state index in [1.54, 1.807) is 0 Å². The maximum Gasteiger partial charge on any atom is 0.0917 e. The van der Waals surface area contributed by atoms with Gasteiger partial charge in [-0.15, -0.1) is 0 Å². The predicted molar refractivity (Wildman–Crippen MR) is 78.1 cm³/mol. The third-order valence-electron chi connectivity index (χ3n) is 4.44. The Balaban J connectivity index is 1.85. The molecule has 2 bridgehead atoms. The van der Waals surface area contributed by atoms with Gasteiger partial charge in [0.15, 0.2) is 0 Å². The third kappa shape index (κ3) is 2.21. The zero-order chi connectivity index (χ0) is 12.8. The Labute approximate surface area is 114 Å². The Morgan fingerprint density at radius 1 is 1.11 bits per heavy atom. The van der Waals surface area contributed by atoms with Crippen molar-refractivity contribution in [3.63, 3.8) is 0 Å². The van der Waals surface area contributed by atoms with Crippen LogP contribution < -0.4 is 0 Å². The molecule has 2 heteroatoms. The van der Waals surface area contributed by atoms with Crippen LogP contribution in [0.1, 0.15) is 56.6 Å². The summed E-state index contributed by atoms with van der Waals surface area (Å²) in [5, 5.41) is 12.3. The molecule has 0 spiro atoms. The molecule has 2 aliphatic heterocycles. The lowest BCUT2D eigenvalue weighted by atomic mass is 9.85. The molecule has 0 amide bonds. The molecule has 2 saturated heterocycles. The number of rotatable bonds is 2. The molecule has 0 radical (unpaired) electrons. The van der Waals surface area contributed by atoms with E-state index in [1.807, 2.05) is 0 Å². The highest BCUT2D eigenvalue weighted by atomic mass is 32.2. The van der Waals surface area contributed by atoms with E-state index in [0.29, 0.717) is 16.4 Å². The highest BCUT2D eigenvalue weighted by Crippen LogP contribution is 2.51. The van der Waals surface area contributed by atoms with Crippen molar-refractivity contribution >= 4 is 11.8 Å². The van der Waals surface area contributed by atoms with Crippen molar-refractivity contribution in [3.8, 4) is 0 Å². The fourth-order valence-corrected chi connectivity index (χ4v) is 5.16. The first-order valence-electron chi connectivity index (χ1n) is 7.05. The molecule has 0 aromatic heterocycles. The van der Waals surface area contributed by atoms with E-state index >= 15 is 0 Å². The van der Waals surface area contributed by atoms with Crippen molar-refractivity contribution in [2.75, 3.05) is 0 Å². The summed E-state index contributed by atoms with van der Waals surface area (Å²) in [5.74, 6) is 0.562. The summed E-state index contributed by atoms with van der Waals surface area (Å²) in [4.78, 5) is 0. The normalized spacial score (nSPS) is 35.1. The quantitative estimate of drug-likeness (QED) is 0.867. The van der Waals surface area contributed by atoms with Gasteiger partial charge in [0.25, 0.3) is 0 Å². The van der Waals surface area contributed by atoms with Crippen molar-refractivity contribution in [3.05, 3.63) is 35.4 Å². The lowest BCUT2D eigenvalue weighted by molar-refractivity contribution is 0.0196. The van der Waals surface area contributed by atoms with Crippen LogP contribution in [0.2, 0.25) is 0 Å². The first kappa shape index (κ1) is 12.6. The van der Waals surface area contributed by atoms with Gasteiger partial charge in [0, 0.05) is 10.5 Å². The number of thioether (sulfide) groups is 1. The maximum absolute atomic E-state index is 10.9. The standard InChI is InChI=1S/C16H22OS/c1-11(2)12-3-5-13(6-4-12)16(17)9-14-7-8-15(10-16)18-14/h3-6,11,14-15,17H,7-10H2,1-2H3. The SMILES string of the molecule is CC(C)c1ccc(C2(O)CC3CCC(C2)S3)cc1. The van der Waals surface area contributed by atoms with Gasteiger partial charge < -0.3 is 5.11 Å². The Kier molecular flexibility index (Phi) is 3.19. The van der Waals surface area contributed by atoms with Gasteiger partial charge in [-0.2, -0.15) is 11.8 Å². The van der Waals surface area contributed by atoms with Crippen LogP contribution >= 0.6 is 11.8 Å². The summed E-state index contributed by atoms with van der Waals surface area (Å²) in [7, 11) is 0. The van der Waals surface area contributed by atoms with Crippen molar-refractivity contribution in [2.24, 2.45) is 0 Å². The molecule has 1 nitrogen and oxygen atoms in total. The lowest BCUT2D eigenvalue weighted by Crippen LogP contribution is -2.34. The molecule has 2 aliphatic rings. The minimum atomic E-state index is -0.563. The molecule has 0 saturated carbocycles. The van der Waals surface area contributed by atoms with E-state index in [1.165, 1.54) is 18.4 Å². The van der Waals surface area contributed by atoms with Crippen LogP contribution in [0.4, 0.5) is 0 Å². The molecule has 3 rings (SSSR count). The van der Waals surface area contributed by atoms with Crippen LogP contribution in [0, 0.1) is 0 Å². The van der Waals surface area contributed by atoms with Crippen LogP contribution in [0.5, 0.6) is 0 Å². The Morgan fingerprint density at radius 3 is 2.17 bits per heavy atom. The van der Waals surface area contributed by atoms with Gasteiger partial charge in [0.1, 0.15) is 0 Å². The molecule has 1 N–H and O–H groups in total. The number of aliphatic hydroxyl groups is 1. The highest BCUT2D eigenvalue weighted by molar-refractivity contribution is 8.00. The van der Waals surface area contributed by atoms with Crippen LogP contribution in [-0.4, -0.2) is 15.6 Å². The smallest absolute Gasteiger partial charge is 0.0917 e. The first-order valence-corrected chi connectivity index (χ1v) is 7.99. The first-order chi connectivity index (χ1) is 8.57. The number of fused-ring (bicyclic) bond motifs is 2. The van der Waals surface area contributed by atoms with Crippen molar-refractivity contribution < 1.29 is 5.11 Å². The summed E-state index contributed by atoms with van der Waals surface area (Å²) in [5.41, 5.74) is 1.92. The minimum absolute atomic E-state index is 0.562. The van der Waals surface area contributed by atoms with Crippen LogP contribution in [-0.2, 0) is 5.60 Å².